The van der Waals surface area contributed by atoms with E-state index in [1.807, 2.05) is 30.3 Å². The number of amides is 2. The zero-order valence-electron chi connectivity index (χ0n) is 11.4. The normalized spacial score (nSPS) is 9.90. The van der Waals surface area contributed by atoms with Gasteiger partial charge in [-0.2, -0.15) is 0 Å². The van der Waals surface area contributed by atoms with Gasteiger partial charge in [-0.3, -0.25) is 9.59 Å². The number of benzene rings is 2. The summed E-state index contributed by atoms with van der Waals surface area (Å²) >= 11 is 0. The standard InChI is InChI=1S/C16H16N2O3/c17-15(19)12-5-4-6-13(11-12)16(20)18-9-10-21-14-7-2-1-3-8-14/h1-8,11H,9-10H2,(H2,17,19)(H,18,20). The minimum atomic E-state index is -0.558. The third-order valence-corrected chi connectivity index (χ3v) is 2.81. The van der Waals surface area contributed by atoms with Gasteiger partial charge < -0.3 is 15.8 Å². The van der Waals surface area contributed by atoms with Crippen molar-refractivity contribution in [3.05, 3.63) is 65.7 Å². The zero-order chi connectivity index (χ0) is 15.1. The van der Waals surface area contributed by atoms with E-state index in [1.165, 1.54) is 6.07 Å². The van der Waals surface area contributed by atoms with Gasteiger partial charge in [0.15, 0.2) is 0 Å². The number of primary amides is 1. The summed E-state index contributed by atoms with van der Waals surface area (Å²) in [5, 5.41) is 2.72. The van der Waals surface area contributed by atoms with Crippen LogP contribution in [0, 0.1) is 0 Å². The van der Waals surface area contributed by atoms with Gasteiger partial charge in [-0.15, -0.1) is 0 Å². The second kappa shape index (κ2) is 7.09. The Morgan fingerprint density at radius 2 is 1.71 bits per heavy atom. The fraction of sp³-hybridized carbons (Fsp3) is 0.125. The third kappa shape index (κ3) is 4.35. The molecule has 0 saturated carbocycles. The molecule has 108 valence electrons. The zero-order valence-corrected chi connectivity index (χ0v) is 11.4. The summed E-state index contributed by atoms with van der Waals surface area (Å²) in [5.41, 5.74) is 5.88. The van der Waals surface area contributed by atoms with Gasteiger partial charge in [0.05, 0.1) is 6.54 Å². The SMILES string of the molecule is NC(=O)c1cccc(C(=O)NCCOc2ccccc2)c1. The van der Waals surface area contributed by atoms with Crippen LogP contribution >= 0.6 is 0 Å². The van der Waals surface area contributed by atoms with Crippen molar-refractivity contribution in [3.63, 3.8) is 0 Å². The summed E-state index contributed by atoms with van der Waals surface area (Å²) in [7, 11) is 0. The van der Waals surface area contributed by atoms with Gasteiger partial charge in [0.25, 0.3) is 5.91 Å². The van der Waals surface area contributed by atoms with E-state index in [9.17, 15) is 9.59 Å². The lowest BCUT2D eigenvalue weighted by atomic mass is 10.1. The van der Waals surface area contributed by atoms with Crippen molar-refractivity contribution in [3.8, 4) is 5.75 Å². The van der Waals surface area contributed by atoms with Crippen LogP contribution in [0.25, 0.3) is 0 Å². The highest BCUT2D eigenvalue weighted by Gasteiger charge is 2.07. The second-order valence-corrected chi connectivity index (χ2v) is 4.36. The van der Waals surface area contributed by atoms with Crippen LogP contribution in [0.4, 0.5) is 0 Å². The minimum absolute atomic E-state index is 0.269. The first-order valence-corrected chi connectivity index (χ1v) is 6.53. The van der Waals surface area contributed by atoms with E-state index in [0.717, 1.165) is 5.75 Å². The smallest absolute Gasteiger partial charge is 0.251 e. The Morgan fingerprint density at radius 1 is 1.00 bits per heavy atom. The Morgan fingerprint density at radius 3 is 2.43 bits per heavy atom. The first kappa shape index (κ1) is 14.6. The van der Waals surface area contributed by atoms with Crippen LogP contribution in [-0.4, -0.2) is 25.0 Å². The molecule has 0 spiro atoms. The summed E-state index contributed by atoms with van der Waals surface area (Å²) < 4.78 is 5.47. The maximum absolute atomic E-state index is 11.9. The van der Waals surface area contributed by atoms with Crippen molar-refractivity contribution < 1.29 is 14.3 Å². The molecule has 2 amide bonds. The number of nitrogens with two attached hydrogens (primary N) is 1. The van der Waals surface area contributed by atoms with E-state index < -0.39 is 5.91 Å². The monoisotopic (exact) mass is 284 g/mol. The summed E-state index contributed by atoms with van der Waals surface area (Å²) in [6, 6.07) is 15.6. The van der Waals surface area contributed by atoms with Crippen LogP contribution in [0.5, 0.6) is 5.75 Å². The number of carbonyl (C=O) groups is 2. The lowest BCUT2D eigenvalue weighted by Gasteiger charge is -2.08. The summed E-state index contributed by atoms with van der Waals surface area (Å²) in [6.45, 7) is 0.736. The predicted octanol–water partition coefficient (Wildman–Crippen LogP) is 1.59. The van der Waals surface area contributed by atoms with Crippen molar-refractivity contribution in [2.75, 3.05) is 13.2 Å². The van der Waals surface area contributed by atoms with Gasteiger partial charge in [-0.1, -0.05) is 24.3 Å². The van der Waals surface area contributed by atoms with E-state index in [-0.39, 0.29) is 5.91 Å². The minimum Gasteiger partial charge on any atom is -0.492 e. The van der Waals surface area contributed by atoms with Crippen LogP contribution in [-0.2, 0) is 0 Å². The van der Waals surface area contributed by atoms with Crippen LogP contribution in [0.1, 0.15) is 20.7 Å². The fourth-order valence-electron chi connectivity index (χ4n) is 1.77. The van der Waals surface area contributed by atoms with Gasteiger partial charge in [0.2, 0.25) is 5.91 Å². The molecule has 0 saturated heterocycles. The number of rotatable bonds is 6. The molecule has 21 heavy (non-hydrogen) atoms. The van der Waals surface area contributed by atoms with Gasteiger partial charge in [-0.25, -0.2) is 0 Å². The van der Waals surface area contributed by atoms with Crippen molar-refractivity contribution in [2.24, 2.45) is 5.73 Å². The molecule has 2 rings (SSSR count). The average Bonchev–Trinajstić information content (AvgIpc) is 2.52. The van der Waals surface area contributed by atoms with E-state index in [2.05, 4.69) is 5.32 Å². The molecule has 0 unspecified atom stereocenters. The summed E-state index contributed by atoms with van der Waals surface area (Å²) in [4.78, 5) is 23.0. The topological polar surface area (TPSA) is 81.4 Å². The maximum Gasteiger partial charge on any atom is 0.251 e. The van der Waals surface area contributed by atoms with Crippen molar-refractivity contribution in [1.29, 1.82) is 0 Å². The summed E-state index contributed by atoms with van der Waals surface area (Å²) in [5.74, 6) is -0.0747. The second-order valence-electron chi connectivity index (χ2n) is 4.36. The molecule has 0 atom stereocenters. The number of carbonyl (C=O) groups excluding carboxylic acids is 2. The Balaban J connectivity index is 1.82. The molecule has 0 bridgehead atoms. The van der Waals surface area contributed by atoms with Crippen LogP contribution in [0.3, 0.4) is 0 Å². The number of hydrogen-bond acceptors (Lipinski definition) is 3. The molecule has 2 aromatic carbocycles. The lowest BCUT2D eigenvalue weighted by Crippen LogP contribution is -2.28. The number of hydrogen-bond donors (Lipinski definition) is 2. The third-order valence-electron chi connectivity index (χ3n) is 2.81. The van der Waals surface area contributed by atoms with Gasteiger partial charge in [-0.05, 0) is 30.3 Å². The molecule has 2 aromatic rings. The molecule has 0 radical (unpaired) electrons. The molecular formula is C16H16N2O3. The molecule has 0 fully saturated rings. The molecule has 0 aliphatic rings. The highest BCUT2D eigenvalue weighted by Crippen LogP contribution is 2.07. The van der Waals surface area contributed by atoms with Crippen molar-refractivity contribution >= 4 is 11.8 Å². The molecule has 0 aliphatic carbocycles. The van der Waals surface area contributed by atoms with Crippen LogP contribution in [0.2, 0.25) is 0 Å². The Bertz CT molecular complexity index is 626. The molecule has 3 N–H and O–H groups in total. The Hall–Kier alpha value is -2.82. The molecule has 5 heteroatoms. The first-order chi connectivity index (χ1) is 10.2. The first-order valence-electron chi connectivity index (χ1n) is 6.53. The van der Waals surface area contributed by atoms with Crippen LogP contribution in [0.15, 0.2) is 54.6 Å². The van der Waals surface area contributed by atoms with Crippen molar-refractivity contribution in [1.82, 2.24) is 5.32 Å². The predicted molar refractivity (Wildman–Crippen MR) is 79.2 cm³/mol. The number of para-hydroxylation sites is 1. The quantitative estimate of drug-likeness (QED) is 0.790. The molecule has 0 aromatic heterocycles. The van der Waals surface area contributed by atoms with Gasteiger partial charge in [0, 0.05) is 11.1 Å². The van der Waals surface area contributed by atoms with E-state index in [4.69, 9.17) is 10.5 Å². The summed E-state index contributed by atoms with van der Waals surface area (Å²) in [6.07, 6.45) is 0. The molecular weight excluding hydrogens is 268 g/mol. The lowest BCUT2D eigenvalue weighted by molar-refractivity contribution is 0.0947. The fourth-order valence-corrected chi connectivity index (χ4v) is 1.77. The van der Waals surface area contributed by atoms with E-state index in [0.29, 0.717) is 24.3 Å². The molecule has 5 nitrogen and oxygen atoms in total. The highest BCUT2D eigenvalue weighted by atomic mass is 16.5. The Kier molecular flexibility index (Phi) is 4.93. The number of nitrogens with one attached hydrogen (secondary N) is 1. The maximum atomic E-state index is 11.9. The van der Waals surface area contributed by atoms with Gasteiger partial charge >= 0.3 is 0 Å². The molecule has 0 heterocycles. The average molecular weight is 284 g/mol. The van der Waals surface area contributed by atoms with Crippen LogP contribution < -0.4 is 15.8 Å². The van der Waals surface area contributed by atoms with Gasteiger partial charge in [0.1, 0.15) is 12.4 Å². The highest BCUT2D eigenvalue weighted by molar-refractivity contribution is 5.99. The number of ether oxygens (including phenoxy) is 1. The largest absolute Gasteiger partial charge is 0.492 e. The van der Waals surface area contributed by atoms with E-state index in [1.54, 1.807) is 18.2 Å². The van der Waals surface area contributed by atoms with E-state index >= 15 is 0 Å². The van der Waals surface area contributed by atoms with Crippen molar-refractivity contribution in [2.45, 2.75) is 0 Å². The molecule has 0 aliphatic heterocycles. The Labute approximate surface area is 122 Å².